The lowest BCUT2D eigenvalue weighted by Crippen LogP contribution is -2.34. The normalized spacial score (nSPS) is 22.3. The number of carbonyl (C=O) groups is 1. The summed E-state index contributed by atoms with van der Waals surface area (Å²) in [5.74, 6) is -0.624. The van der Waals surface area contributed by atoms with Crippen molar-refractivity contribution >= 4 is 13.3 Å². The summed E-state index contributed by atoms with van der Waals surface area (Å²) in [6.45, 7) is 0.765. The van der Waals surface area contributed by atoms with Gasteiger partial charge in [-0.05, 0) is 19.4 Å². The summed E-state index contributed by atoms with van der Waals surface area (Å²) >= 11 is 0. The second-order valence-electron chi connectivity index (χ2n) is 2.47. The van der Waals surface area contributed by atoms with E-state index in [2.05, 4.69) is 15.0 Å². The third-order valence-corrected chi connectivity index (χ3v) is 1.56. The molecule has 0 aliphatic carbocycles. The molecule has 1 fully saturated rings. The molecule has 0 radical (unpaired) electrons. The van der Waals surface area contributed by atoms with Crippen LogP contribution < -0.4 is 5.32 Å². The highest BCUT2D eigenvalue weighted by molar-refractivity contribution is 6.32. The van der Waals surface area contributed by atoms with E-state index in [-0.39, 0.29) is 6.04 Å². The molecule has 1 atom stereocenters. The lowest BCUT2D eigenvalue weighted by atomic mass is 10.2. The van der Waals surface area contributed by atoms with Gasteiger partial charge < -0.3 is 20.3 Å². The Kier molecular flexibility index (Phi) is 3.48. The first-order chi connectivity index (χ1) is 5.70. The van der Waals surface area contributed by atoms with Crippen LogP contribution in [0.2, 0.25) is 0 Å². The van der Waals surface area contributed by atoms with Crippen LogP contribution in [0, 0.1) is 0 Å². The monoisotopic (exact) mass is 175 g/mol. The number of carbonyl (C=O) groups excluding carboxylic acids is 1. The SMILES string of the molecule is O=C(OOB(O)O)C1CCCN1. The molecule has 0 saturated carbocycles. The maximum Gasteiger partial charge on any atom is 0.673 e. The first kappa shape index (κ1) is 9.46. The molecule has 1 heterocycles. The molecule has 12 heavy (non-hydrogen) atoms. The Hall–Kier alpha value is -0.625. The average Bonchev–Trinajstić information content (AvgIpc) is 2.51. The topological polar surface area (TPSA) is 88.0 Å². The van der Waals surface area contributed by atoms with Crippen LogP contribution in [-0.4, -0.2) is 35.9 Å². The van der Waals surface area contributed by atoms with Crippen molar-refractivity contribution < 1.29 is 24.5 Å². The molecule has 7 heteroatoms. The zero-order valence-electron chi connectivity index (χ0n) is 6.40. The molecule has 0 aromatic heterocycles. The Morgan fingerprint density at radius 2 is 2.33 bits per heavy atom. The van der Waals surface area contributed by atoms with Gasteiger partial charge >= 0.3 is 13.3 Å². The number of hydrogen-bond acceptors (Lipinski definition) is 6. The van der Waals surface area contributed by atoms with E-state index in [4.69, 9.17) is 10.0 Å². The van der Waals surface area contributed by atoms with Crippen LogP contribution >= 0.6 is 0 Å². The molecule has 1 rings (SSSR count). The van der Waals surface area contributed by atoms with Gasteiger partial charge in [0.1, 0.15) is 6.04 Å². The molecule has 0 amide bonds. The fourth-order valence-corrected chi connectivity index (χ4v) is 1.03. The summed E-state index contributed by atoms with van der Waals surface area (Å²) in [7, 11) is -2.07. The highest BCUT2D eigenvalue weighted by Crippen LogP contribution is 2.06. The van der Waals surface area contributed by atoms with E-state index in [1.807, 2.05) is 0 Å². The lowest BCUT2D eigenvalue weighted by molar-refractivity contribution is -0.231. The summed E-state index contributed by atoms with van der Waals surface area (Å²) in [6, 6.07) is -0.385. The van der Waals surface area contributed by atoms with Crippen molar-refractivity contribution in [1.29, 1.82) is 0 Å². The highest BCUT2D eigenvalue weighted by atomic mass is 17.2. The minimum absolute atomic E-state index is 0.385. The van der Waals surface area contributed by atoms with Gasteiger partial charge in [-0.25, -0.2) is 4.79 Å². The Balaban J connectivity index is 2.18. The van der Waals surface area contributed by atoms with Crippen LogP contribution in [-0.2, 0) is 14.5 Å². The van der Waals surface area contributed by atoms with Crippen LogP contribution in [0.3, 0.4) is 0 Å². The highest BCUT2D eigenvalue weighted by Gasteiger charge is 2.25. The molecular weight excluding hydrogens is 165 g/mol. The van der Waals surface area contributed by atoms with Crippen LogP contribution in [0.1, 0.15) is 12.8 Å². The van der Waals surface area contributed by atoms with Crippen LogP contribution in [0.4, 0.5) is 0 Å². The maximum absolute atomic E-state index is 10.9. The van der Waals surface area contributed by atoms with Crippen molar-refractivity contribution in [2.45, 2.75) is 18.9 Å². The zero-order chi connectivity index (χ0) is 8.97. The van der Waals surface area contributed by atoms with Crippen LogP contribution in [0.15, 0.2) is 0 Å². The van der Waals surface area contributed by atoms with Crippen LogP contribution in [0.5, 0.6) is 0 Å². The fourth-order valence-electron chi connectivity index (χ4n) is 1.03. The Bertz CT molecular complexity index is 158. The van der Waals surface area contributed by atoms with Gasteiger partial charge in [0.05, 0.1) is 0 Å². The van der Waals surface area contributed by atoms with Gasteiger partial charge in [0.15, 0.2) is 0 Å². The second-order valence-corrected chi connectivity index (χ2v) is 2.47. The maximum atomic E-state index is 10.9. The Morgan fingerprint density at radius 3 is 2.83 bits per heavy atom. The second kappa shape index (κ2) is 4.41. The molecule has 6 nitrogen and oxygen atoms in total. The molecule has 1 unspecified atom stereocenters. The van der Waals surface area contributed by atoms with Gasteiger partial charge in [-0.2, -0.15) is 4.81 Å². The van der Waals surface area contributed by atoms with Gasteiger partial charge in [0.25, 0.3) is 0 Å². The standard InChI is InChI=1S/C5H10BNO5/c8-5(11-12-6(9)10)4-2-1-3-7-4/h4,7,9-10H,1-3H2. The summed E-state index contributed by atoms with van der Waals surface area (Å²) in [6.07, 6.45) is 1.59. The van der Waals surface area contributed by atoms with Crippen molar-refractivity contribution in [3.63, 3.8) is 0 Å². The number of nitrogens with one attached hydrogen (secondary N) is 1. The predicted octanol–water partition coefficient (Wildman–Crippen LogP) is -1.82. The molecule has 0 spiro atoms. The predicted molar refractivity (Wildman–Crippen MR) is 38.4 cm³/mol. The van der Waals surface area contributed by atoms with Crippen molar-refractivity contribution in [2.24, 2.45) is 0 Å². The van der Waals surface area contributed by atoms with Crippen molar-refractivity contribution in [1.82, 2.24) is 5.32 Å². The summed E-state index contributed by atoms with van der Waals surface area (Å²) < 4.78 is 0. The van der Waals surface area contributed by atoms with Crippen molar-refractivity contribution in [3.8, 4) is 0 Å². The lowest BCUT2D eigenvalue weighted by Gasteiger charge is -2.07. The van der Waals surface area contributed by atoms with Crippen molar-refractivity contribution in [3.05, 3.63) is 0 Å². The molecular formula is C5H10BNO5. The van der Waals surface area contributed by atoms with Gasteiger partial charge in [0, 0.05) is 0 Å². The first-order valence-corrected chi connectivity index (χ1v) is 3.67. The molecule has 1 aliphatic rings. The smallest absolute Gasteiger partial charge is 0.400 e. The fraction of sp³-hybridized carbons (Fsp3) is 0.800. The summed E-state index contributed by atoms with van der Waals surface area (Å²) in [5.41, 5.74) is 0. The molecule has 1 saturated heterocycles. The van der Waals surface area contributed by atoms with Gasteiger partial charge in [0.2, 0.25) is 0 Å². The minimum Gasteiger partial charge on any atom is -0.400 e. The molecule has 3 N–H and O–H groups in total. The van der Waals surface area contributed by atoms with Gasteiger partial charge in [-0.3, -0.25) is 0 Å². The van der Waals surface area contributed by atoms with E-state index >= 15 is 0 Å². The first-order valence-electron chi connectivity index (χ1n) is 3.67. The van der Waals surface area contributed by atoms with Gasteiger partial charge in [-0.15, -0.1) is 0 Å². The number of hydrogen-bond donors (Lipinski definition) is 3. The molecule has 1 aliphatic heterocycles. The third-order valence-electron chi connectivity index (χ3n) is 1.56. The Labute approximate surface area is 69.6 Å². The Morgan fingerprint density at radius 1 is 1.58 bits per heavy atom. The van der Waals surface area contributed by atoms with Gasteiger partial charge in [-0.1, -0.05) is 0 Å². The van der Waals surface area contributed by atoms with E-state index in [9.17, 15) is 4.79 Å². The minimum atomic E-state index is -2.07. The zero-order valence-corrected chi connectivity index (χ0v) is 6.40. The molecule has 0 bridgehead atoms. The van der Waals surface area contributed by atoms with Crippen LogP contribution in [0.25, 0.3) is 0 Å². The largest absolute Gasteiger partial charge is 0.673 e. The summed E-state index contributed by atoms with van der Waals surface area (Å²) in [4.78, 5) is 18.8. The van der Waals surface area contributed by atoms with E-state index in [0.717, 1.165) is 13.0 Å². The average molecular weight is 175 g/mol. The molecule has 0 aromatic rings. The molecule has 68 valence electrons. The quantitative estimate of drug-likeness (QED) is 0.266. The van der Waals surface area contributed by atoms with E-state index in [1.165, 1.54) is 0 Å². The van der Waals surface area contributed by atoms with E-state index in [1.54, 1.807) is 0 Å². The summed E-state index contributed by atoms with van der Waals surface area (Å²) in [5, 5.41) is 19.2. The van der Waals surface area contributed by atoms with E-state index in [0.29, 0.717) is 6.42 Å². The number of rotatable bonds is 3. The van der Waals surface area contributed by atoms with Crippen molar-refractivity contribution in [2.75, 3.05) is 6.54 Å². The third kappa shape index (κ3) is 2.78. The molecule has 0 aromatic carbocycles. The van der Waals surface area contributed by atoms with E-state index < -0.39 is 13.3 Å².